The van der Waals surface area contributed by atoms with E-state index in [0.717, 1.165) is 13.8 Å². The molecule has 2 heterocycles. The molecule has 10 heteroatoms. The molecule has 0 aliphatic rings. The van der Waals surface area contributed by atoms with Crippen LogP contribution in [0.4, 0.5) is 9.52 Å². The highest BCUT2D eigenvalue weighted by molar-refractivity contribution is 7.22. The summed E-state index contributed by atoms with van der Waals surface area (Å²) in [6.45, 7) is 3.76. The maximum Gasteiger partial charge on any atom is 0.320 e. The van der Waals surface area contributed by atoms with Crippen molar-refractivity contribution in [3.63, 3.8) is 0 Å². The molecule has 0 bridgehead atoms. The standard InChI is InChI=1S/C22H19FN4O4S/c1-3-31-15-6-7-18-16(11-15)24-22(32-18)25-19(28)12-26-8-9-27(21(30)20(26)29)17-10-14(23)5-4-13(17)2/h4-11H,3,12H2,1-2H3,(H,24,25,28). The van der Waals surface area contributed by atoms with Crippen LogP contribution in [-0.2, 0) is 11.3 Å². The summed E-state index contributed by atoms with van der Waals surface area (Å²) in [5.41, 5.74) is -0.188. The first-order valence-electron chi connectivity index (χ1n) is 9.77. The summed E-state index contributed by atoms with van der Waals surface area (Å²) >= 11 is 1.29. The first-order valence-corrected chi connectivity index (χ1v) is 10.6. The lowest BCUT2D eigenvalue weighted by Gasteiger charge is -2.11. The maximum atomic E-state index is 13.6. The van der Waals surface area contributed by atoms with Gasteiger partial charge in [-0.15, -0.1) is 0 Å². The van der Waals surface area contributed by atoms with Crippen LogP contribution in [0.2, 0.25) is 0 Å². The maximum absolute atomic E-state index is 13.6. The average Bonchev–Trinajstić information content (AvgIpc) is 3.15. The van der Waals surface area contributed by atoms with Crippen molar-refractivity contribution in [2.75, 3.05) is 11.9 Å². The number of anilines is 1. The summed E-state index contributed by atoms with van der Waals surface area (Å²) in [7, 11) is 0. The third-order valence-corrected chi connectivity index (χ3v) is 5.67. The molecule has 0 saturated heterocycles. The Kier molecular flexibility index (Phi) is 5.87. The van der Waals surface area contributed by atoms with Gasteiger partial charge in [0.25, 0.3) is 0 Å². The highest BCUT2D eigenvalue weighted by Crippen LogP contribution is 2.29. The van der Waals surface area contributed by atoms with Crippen LogP contribution in [0, 0.1) is 12.7 Å². The molecule has 2 aromatic heterocycles. The van der Waals surface area contributed by atoms with Gasteiger partial charge in [0, 0.05) is 18.5 Å². The zero-order chi connectivity index (χ0) is 22.8. The fraction of sp³-hybridized carbons (Fsp3) is 0.182. The number of thiazole rings is 1. The van der Waals surface area contributed by atoms with Crippen molar-refractivity contribution in [3.8, 4) is 11.4 Å². The van der Waals surface area contributed by atoms with E-state index < -0.39 is 22.8 Å². The zero-order valence-corrected chi connectivity index (χ0v) is 18.1. The molecule has 1 amide bonds. The number of hydrogen-bond acceptors (Lipinski definition) is 6. The molecule has 32 heavy (non-hydrogen) atoms. The van der Waals surface area contributed by atoms with E-state index in [9.17, 15) is 18.8 Å². The van der Waals surface area contributed by atoms with Crippen molar-refractivity contribution in [1.82, 2.24) is 14.1 Å². The summed E-state index contributed by atoms with van der Waals surface area (Å²) in [6.07, 6.45) is 2.66. The number of rotatable bonds is 6. The van der Waals surface area contributed by atoms with E-state index >= 15 is 0 Å². The monoisotopic (exact) mass is 454 g/mol. The first kappa shape index (κ1) is 21.4. The molecule has 0 atom stereocenters. The van der Waals surface area contributed by atoms with Gasteiger partial charge >= 0.3 is 11.1 Å². The molecule has 1 N–H and O–H groups in total. The molecule has 4 aromatic rings. The number of aromatic nitrogens is 3. The zero-order valence-electron chi connectivity index (χ0n) is 17.3. The predicted octanol–water partition coefficient (Wildman–Crippen LogP) is 3.09. The number of fused-ring (bicyclic) bond motifs is 1. The smallest absolute Gasteiger partial charge is 0.320 e. The van der Waals surface area contributed by atoms with Crippen LogP contribution >= 0.6 is 11.3 Å². The second-order valence-corrected chi connectivity index (χ2v) is 8.00. The Balaban J connectivity index is 1.54. The number of hydrogen-bond donors (Lipinski definition) is 1. The van der Waals surface area contributed by atoms with Gasteiger partial charge in [-0.1, -0.05) is 17.4 Å². The molecule has 0 saturated carbocycles. The Morgan fingerprint density at radius 2 is 1.97 bits per heavy atom. The van der Waals surface area contributed by atoms with E-state index in [2.05, 4.69) is 10.3 Å². The SMILES string of the molecule is CCOc1ccc2sc(NC(=O)Cn3ccn(-c4cc(F)ccc4C)c(=O)c3=O)nc2c1. The molecule has 0 unspecified atom stereocenters. The molecule has 0 spiro atoms. The van der Waals surface area contributed by atoms with Crippen LogP contribution in [0.5, 0.6) is 5.75 Å². The predicted molar refractivity (Wildman–Crippen MR) is 120 cm³/mol. The molecule has 0 radical (unpaired) electrons. The van der Waals surface area contributed by atoms with Gasteiger partial charge in [-0.25, -0.2) is 9.37 Å². The van der Waals surface area contributed by atoms with E-state index in [-0.39, 0.29) is 12.2 Å². The highest BCUT2D eigenvalue weighted by Gasteiger charge is 2.14. The van der Waals surface area contributed by atoms with Crippen molar-refractivity contribution >= 4 is 32.6 Å². The van der Waals surface area contributed by atoms with Crippen molar-refractivity contribution in [2.24, 2.45) is 0 Å². The number of aryl methyl sites for hydroxylation is 1. The highest BCUT2D eigenvalue weighted by atomic mass is 32.1. The molecule has 8 nitrogen and oxygen atoms in total. The molecular formula is C22H19FN4O4S. The van der Waals surface area contributed by atoms with Crippen LogP contribution in [0.25, 0.3) is 15.9 Å². The van der Waals surface area contributed by atoms with Gasteiger partial charge in [-0.05, 0) is 43.7 Å². The molecule has 0 fully saturated rings. The van der Waals surface area contributed by atoms with E-state index in [1.165, 1.54) is 41.9 Å². The Bertz CT molecular complexity index is 1440. The molecule has 164 valence electrons. The molecule has 2 aromatic carbocycles. The number of carbonyl (C=O) groups excluding carboxylic acids is 1. The van der Waals surface area contributed by atoms with Gasteiger partial charge in [0.15, 0.2) is 5.13 Å². The number of carbonyl (C=O) groups is 1. The summed E-state index contributed by atoms with van der Waals surface area (Å²) in [4.78, 5) is 41.9. The summed E-state index contributed by atoms with van der Waals surface area (Å²) in [5.74, 6) is -0.343. The lowest BCUT2D eigenvalue weighted by molar-refractivity contribution is -0.116. The van der Waals surface area contributed by atoms with Crippen molar-refractivity contribution in [3.05, 3.63) is 80.9 Å². The lowest BCUT2D eigenvalue weighted by atomic mass is 10.2. The molecule has 0 aliphatic carbocycles. The third kappa shape index (κ3) is 4.30. The number of halogens is 1. The minimum absolute atomic E-state index is 0.268. The fourth-order valence-electron chi connectivity index (χ4n) is 3.20. The second kappa shape index (κ2) is 8.75. The number of benzene rings is 2. The van der Waals surface area contributed by atoms with Gasteiger partial charge in [0.05, 0.1) is 22.5 Å². The van der Waals surface area contributed by atoms with Crippen molar-refractivity contribution in [1.29, 1.82) is 0 Å². The Labute approximate surface area is 185 Å². The number of ether oxygens (including phenoxy) is 1. The fourth-order valence-corrected chi connectivity index (χ4v) is 4.06. The molecule has 0 aliphatic heterocycles. The summed E-state index contributed by atoms with van der Waals surface area (Å²) in [6, 6.07) is 9.43. The van der Waals surface area contributed by atoms with E-state index in [0.29, 0.717) is 28.6 Å². The van der Waals surface area contributed by atoms with Crippen LogP contribution < -0.4 is 21.2 Å². The third-order valence-electron chi connectivity index (χ3n) is 4.72. The Hall–Kier alpha value is -3.79. The van der Waals surface area contributed by atoms with Gasteiger partial charge < -0.3 is 10.1 Å². The summed E-state index contributed by atoms with van der Waals surface area (Å²) in [5, 5.41) is 3.02. The average molecular weight is 454 g/mol. The quantitative estimate of drug-likeness (QED) is 0.452. The van der Waals surface area contributed by atoms with Crippen LogP contribution in [0.1, 0.15) is 12.5 Å². The van der Waals surface area contributed by atoms with Crippen molar-refractivity contribution in [2.45, 2.75) is 20.4 Å². The second-order valence-electron chi connectivity index (χ2n) is 6.97. The van der Waals surface area contributed by atoms with Gasteiger partial charge in [-0.3, -0.25) is 23.5 Å². The van der Waals surface area contributed by atoms with Crippen LogP contribution in [0.15, 0.2) is 58.4 Å². The van der Waals surface area contributed by atoms with Gasteiger partial charge in [0.2, 0.25) is 5.91 Å². The number of nitrogens with one attached hydrogen (secondary N) is 1. The molecule has 4 rings (SSSR count). The lowest BCUT2D eigenvalue weighted by Crippen LogP contribution is -2.41. The van der Waals surface area contributed by atoms with E-state index in [4.69, 9.17) is 4.74 Å². The normalized spacial score (nSPS) is 11.0. The number of amides is 1. The van der Waals surface area contributed by atoms with Gasteiger partial charge in [0.1, 0.15) is 18.1 Å². The largest absolute Gasteiger partial charge is 0.494 e. The van der Waals surface area contributed by atoms with Crippen molar-refractivity contribution < 1.29 is 13.9 Å². The minimum Gasteiger partial charge on any atom is -0.494 e. The van der Waals surface area contributed by atoms with E-state index in [1.807, 2.05) is 19.1 Å². The van der Waals surface area contributed by atoms with E-state index in [1.54, 1.807) is 13.0 Å². The topological polar surface area (TPSA) is 95.2 Å². The Morgan fingerprint density at radius 3 is 2.75 bits per heavy atom. The Morgan fingerprint density at radius 1 is 1.16 bits per heavy atom. The van der Waals surface area contributed by atoms with Gasteiger partial charge in [-0.2, -0.15) is 0 Å². The summed E-state index contributed by atoms with van der Waals surface area (Å²) < 4.78 is 22.0. The number of nitrogens with zero attached hydrogens (tertiary/aromatic N) is 3. The van der Waals surface area contributed by atoms with Crippen LogP contribution in [-0.4, -0.2) is 26.6 Å². The minimum atomic E-state index is -0.892. The van der Waals surface area contributed by atoms with Crippen LogP contribution in [0.3, 0.4) is 0 Å². The first-order chi connectivity index (χ1) is 15.4. The molecular weight excluding hydrogens is 435 g/mol.